The molecule has 1 N–H and O–H groups in total. The molecule has 1 heterocycles. The van der Waals surface area contributed by atoms with E-state index in [0.717, 1.165) is 16.3 Å². The molecule has 0 fully saturated rings. The molecule has 0 spiro atoms. The molecule has 0 aliphatic heterocycles. The van der Waals surface area contributed by atoms with E-state index in [9.17, 15) is 4.79 Å². The summed E-state index contributed by atoms with van der Waals surface area (Å²) in [4.78, 5) is 12.1. The van der Waals surface area contributed by atoms with E-state index in [0.29, 0.717) is 18.1 Å². The average Bonchev–Trinajstić information content (AvgIpc) is 3.04. The van der Waals surface area contributed by atoms with E-state index in [1.54, 1.807) is 6.92 Å². The number of H-pyrrole nitrogens is 1. The van der Waals surface area contributed by atoms with Gasteiger partial charge in [0.2, 0.25) is 0 Å². The summed E-state index contributed by atoms with van der Waals surface area (Å²) in [6.45, 7) is 4.45. The molecule has 6 heteroatoms. The Morgan fingerprint density at radius 1 is 1.09 bits per heavy atom. The molecule has 0 atom stereocenters. The van der Waals surface area contributed by atoms with Crippen LogP contribution < -0.4 is 4.74 Å². The summed E-state index contributed by atoms with van der Waals surface area (Å²) in [5, 5.41) is 12.6. The number of ether oxygens (including phenoxy) is 2. The molecule has 0 saturated carbocycles. The van der Waals surface area contributed by atoms with Crippen LogP contribution in [0.1, 0.15) is 24.3 Å². The Bertz CT molecular complexity index is 842. The van der Waals surface area contributed by atoms with Gasteiger partial charge in [0, 0.05) is 0 Å². The normalized spacial score (nSPS) is 10.7. The third kappa shape index (κ3) is 2.75. The first-order valence-corrected chi connectivity index (χ1v) is 7.49. The number of carbonyl (C=O) groups excluding carboxylic acids is 1. The van der Waals surface area contributed by atoms with Gasteiger partial charge >= 0.3 is 5.97 Å². The van der Waals surface area contributed by atoms with Crippen LogP contribution in [0.2, 0.25) is 0 Å². The van der Waals surface area contributed by atoms with Gasteiger partial charge < -0.3 is 9.47 Å². The van der Waals surface area contributed by atoms with E-state index in [2.05, 4.69) is 15.4 Å². The first-order chi connectivity index (χ1) is 11.3. The van der Waals surface area contributed by atoms with Gasteiger partial charge in [-0.3, -0.25) is 0 Å². The minimum absolute atomic E-state index is 0.157. The highest BCUT2D eigenvalue weighted by Crippen LogP contribution is 2.37. The molecule has 0 aliphatic rings. The van der Waals surface area contributed by atoms with Crippen LogP contribution in [0.4, 0.5) is 0 Å². The van der Waals surface area contributed by atoms with Crippen molar-refractivity contribution < 1.29 is 14.3 Å². The standard InChI is InChI=1S/C17H17N3O3/c1-3-22-13-10-9-11-7-5-6-8-12(11)14(13)15-16(19-20-18-15)17(21)23-4-2/h5-10H,3-4H2,1-2H3,(H,18,19,20). The second kappa shape index (κ2) is 6.48. The molecular weight excluding hydrogens is 294 g/mol. The quantitative estimate of drug-likeness (QED) is 0.732. The van der Waals surface area contributed by atoms with E-state index >= 15 is 0 Å². The summed E-state index contributed by atoms with van der Waals surface area (Å²) in [6.07, 6.45) is 0. The van der Waals surface area contributed by atoms with Crippen molar-refractivity contribution in [1.82, 2.24) is 15.4 Å². The zero-order chi connectivity index (χ0) is 16.2. The Balaban J connectivity index is 2.24. The Morgan fingerprint density at radius 2 is 1.91 bits per heavy atom. The van der Waals surface area contributed by atoms with E-state index < -0.39 is 5.97 Å². The van der Waals surface area contributed by atoms with Crippen molar-refractivity contribution in [2.45, 2.75) is 13.8 Å². The summed E-state index contributed by atoms with van der Waals surface area (Å²) in [5.41, 5.74) is 1.33. The number of nitrogens with one attached hydrogen (secondary N) is 1. The van der Waals surface area contributed by atoms with E-state index in [4.69, 9.17) is 9.47 Å². The summed E-state index contributed by atoms with van der Waals surface area (Å²) < 4.78 is 10.8. The molecule has 0 bridgehead atoms. The molecule has 3 aromatic rings. The topological polar surface area (TPSA) is 77.1 Å². The highest BCUT2D eigenvalue weighted by Gasteiger charge is 2.23. The fourth-order valence-corrected chi connectivity index (χ4v) is 2.52. The van der Waals surface area contributed by atoms with Crippen molar-refractivity contribution in [3.8, 4) is 17.0 Å². The fourth-order valence-electron chi connectivity index (χ4n) is 2.52. The maximum absolute atomic E-state index is 12.1. The predicted octanol–water partition coefficient (Wildman–Crippen LogP) is 3.20. The minimum Gasteiger partial charge on any atom is -0.493 e. The van der Waals surface area contributed by atoms with Crippen molar-refractivity contribution in [1.29, 1.82) is 0 Å². The van der Waals surface area contributed by atoms with Crippen LogP contribution in [0, 0.1) is 0 Å². The zero-order valence-corrected chi connectivity index (χ0v) is 13.0. The van der Waals surface area contributed by atoms with E-state index in [1.165, 1.54) is 0 Å². The minimum atomic E-state index is -0.508. The maximum atomic E-state index is 12.1. The largest absolute Gasteiger partial charge is 0.493 e. The lowest BCUT2D eigenvalue weighted by Crippen LogP contribution is -2.07. The van der Waals surface area contributed by atoms with Crippen LogP contribution >= 0.6 is 0 Å². The smallest absolute Gasteiger partial charge is 0.361 e. The van der Waals surface area contributed by atoms with Gasteiger partial charge in [-0.2, -0.15) is 10.3 Å². The molecule has 6 nitrogen and oxygen atoms in total. The Hall–Kier alpha value is -2.89. The number of nitrogens with zero attached hydrogens (tertiary/aromatic N) is 2. The number of esters is 1. The molecular formula is C17H17N3O3. The lowest BCUT2D eigenvalue weighted by molar-refractivity contribution is 0.0520. The van der Waals surface area contributed by atoms with E-state index in [-0.39, 0.29) is 12.3 Å². The molecule has 0 amide bonds. The second-order valence-electron chi connectivity index (χ2n) is 4.83. The summed E-state index contributed by atoms with van der Waals surface area (Å²) in [6, 6.07) is 11.7. The summed E-state index contributed by atoms with van der Waals surface area (Å²) >= 11 is 0. The first kappa shape index (κ1) is 15.0. The highest BCUT2D eigenvalue weighted by molar-refractivity contribution is 6.04. The molecule has 118 valence electrons. The van der Waals surface area contributed by atoms with Crippen LogP contribution in [0.15, 0.2) is 36.4 Å². The van der Waals surface area contributed by atoms with Crippen LogP contribution in [-0.2, 0) is 4.74 Å². The van der Waals surface area contributed by atoms with Crippen molar-refractivity contribution in [2.24, 2.45) is 0 Å². The van der Waals surface area contributed by atoms with Crippen molar-refractivity contribution in [2.75, 3.05) is 13.2 Å². The molecule has 23 heavy (non-hydrogen) atoms. The van der Waals surface area contributed by atoms with Gasteiger partial charge in [-0.15, -0.1) is 5.10 Å². The summed E-state index contributed by atoms with van der Waals surface area (Å²) in [7, 11) is 0. The number of hydrogen-bond acceptors (Lipinski definition) is 5. The number of rotatable bonds is 5. The molecule has 0 radical (unpaired) electrons. The van der Waals surface area contributed by atoms with Gasteiger partial charge in [0.05, 0.1) is 18.8 Å². The monoisotopic (exact) mass is 311 g/mol. The van der Waals surface area contributed by atoms with Gasteiger partial charge in [0.15, 0.2) is 5.69 Å². The molecule has 0 aliphatic carbocycles. The highest BCUT2D eigenvalue weighted by atomic mass is 16.5. The Kier molecular flexibility index (Phi) is 4.23. The molecule has 1 aromatic heterocycles. The third-order valence-electron chi connectivity index (χ3n) is 3.44. The van der Waals surface area contributed by atoms with Crippen LogP contribution in [-0.4, -0.2) is 34.6 Å². The molecule has 0 unspecified atom stereocenters. The van der Waals surface area contributed by atoms with E-state index in [1.807, 2.05) is 43.3 Å². The van der Waals surface area contributed by atoms with Crippen molar-refractivity contribution in [3.05, 3.63) is 42.1 Å². The first-order valence-electron chi connectivity index (χ1n) is 7.49. The zero-order valence-electron chi connectivity index (χ0n) is 13.0. The van der Waals surface area contributed by atoms with Crippen LogP contribution in [0.3, 0.4) is 0 Å². The van der Waals surface area contributed by atoms with Gasteiger partial charge in [-0.05, 0) is 30.7 Å². The number of aromatic amines is 1. The predicted molar refractivity (Wildman–Crippen MR) is 86.5 cm³/mol. The molecule has 3 rings (SSSR count). The Labute approximate surface area is 133 Å². The number of fused-ring (bicyclic) bond motifs is 1. The molecule has 0 saturated heterocycles. The summed E-state index contributed by atoms with van der Waals surface area (Å²) in [5.74, 6) is 0.150. The molecule has 2 aromatic carbocycles. The average molecular weight is 311 g/mol. The van der Waals surface area contributed by atoms with Gasteiger partial charge in [0.25, 0.3) is 0 Å². The SMILES string of the molecule is CCOC(=O)c1n[nH]nc1-c1c(OCC)ccc2ccccc12. The number of aromatic nitrogens is 3. The van der Waals surface area contributed by atoms with Crippen LogP contribution in [0.5, 0.6) is 5.75 Å². The number of carbonyl (C=O) groups is 1. The maximum Gasteiger partial charge on any atom is 0.361 e. The van der Waals surface area contributed by atoms with Gasteiger partial charge in [0.1, 0.15) is 11.4 Å². The lowest BCUT2D eigenvalue weighted by atomic mass is 10.00. The van der Waals surface area contributed by atoms with Gasteiger partial charge in [-0.25, -0.2) is 4.79 Å². The van der Waals surface area contributed by atoms with Crippen molar-refractivity contribution >= 4 is 16.7 Å². The van der Waals surface area contributed by atoms with Gasteiger partial charge in [-0.1, -0.05) is 30.3 Å². The Morgan fingerprint density at radius 3 is 2.70 bits per heavy atom. The second-order valence-corrected chi connectivity index (χ2v) is 4.83. The lowest BCUT2D eigenvalue weighted by Gasteiger charge is -2.12. The number of hydrogen-bond donors (Lipinski definition) is 1. The fraction of sp³-hybridized carbons (Fsp3) is 0.235. The van der Waals surface area contributed by atoms with Crippen molar-refractivity contribution in [3.63, 3.8) is 0 Å². The third-order valence-corrected chi connectivity index (χ3v) is 3.44. The van der Waals surface area contributed by atoms with Crippen LogP contribution in [0.25, 0.3) is 22.0 Å². The number of benzene rings is 2.